The molecule has 0 aromatic heterocycles. The first-order valence-electron chi connectivity index (χ1n) is 8.64. The first-order chi connectivity index (χ1) is 12.5. The fraction of sp³-hybridized carbons (Fsp3) is 0.0769. The fourth-order valence-corrected chi connectivity index (χ4v) is 2.03. The molecule has 3 aromatic rings. The van der Waals surface area contributed by atoms with E-state index in [4.69, 9.17) is 0 Å². The Morgan fingerprint density at radius 2 is 0.885 bits per heavy atom. The van der Waals surface area contributed by atoms with Crippen LogP contribution in [0.3, 0.4) is 0 Å². The fourth-order valence-electron chi connectivity index (χ4n) is 2.03. The molecular weight excluding hydrogens is 312 g/mol. The van der Waals surface area contributed by atoms with Crippen LogP contribution < -0.4 is 0 Å². The van der Waals surface area contributed by atoms with Gasteiger partial charge in [-0.1, -0.05) is 128 Å². The highest BCUT2D eigenvalue weighted by atomic mass is 13.9. The predicted octanol–water partition coefficient (Wildman–Crippen LogP) is 7.77. The second-order valence-corrected chi connectivity index (χ2v) is 5.91. The molecule has 0 bridgehead atoms. The van der Waals surface area contributed by atoms with Gasteiger partial charge in [-0.2, -0.15) is 0 Å². The van der Waals surface area contributed by atoms with Crippen molar-refractivity contribution in [1.82, 2.24) is 0 Å². The van der Waals surface area contributed by atoms with Crippen LogP contribution in [-0.4, -0.2) is 0 Å². The Labute approximate surface area is 158 Å². The summed E-state index contributed by atoms with van der Waals surface area (Å²) in [6.07, 6.45) is 1.83. The highest BCUT2D eigenvalue weighted by Gasteiger charge is 1.87. The van der Waals surface area contributed by atoms with Crippen molar-refractivity contribution in [2.24, 2.45) is 0 Å². The summed E-state index contributed by atoms with van der Waals surface area (Å²) in [7, 11) is 0. The molecule has 0 nitrogen and oxygen atoms in total. The minimum Gasteiger partial charge on any atom is -0.0985 e. The predicted molar refractivity (Wildman–Crippen MR) is 119 cm³/mol. The van der Waals surface area contributed by atoms with E-state index < -0.39 is 0 Å². The Balaban J connectivity index is 0.000000195. The molecule has 0 fully saturated rings. The summed E-state index contributed by atoms with van der Waals surface area (Å²) in [6, 6.07) is 30.3. The van der Waals surface area contributed by atoms with Crippen molar-refractivity contribution in [2.75, 3.05) is 0 Å². The van der Waals surface area contributed by atoms with Crippen molar-refractivity contribution in [3.63, 3.8) is 0 Å². The second kappa shape index (κ2) is 12.3. The van der Waals surface area contributed by atoms with Gasteiger partial charge in [-0.05, 0) is 30.5 Å². The number of hydrogen-bond acceptors (Lipinski definition) is 0. The van der Waals surface area contributed by atoms with E-state index in [-0.39, 0.29) is 0 Å². The van der Waals surface area contributed by atoms with Gasteiger partial charge in [0.2, 0.25) is 0 Å². The molecule has 26 heavy (non-hydrogen) atoms. The summed E-state index contributed by atoms with van der Waals surface area (Å²) in [5, 5.41) is 0. The molecule has 0 amide bonds. The van der Waals surface area contributed by atoms with Crippen molar-refractivity contribution >= 4 is 17.2 Å². The van der Waals surface area contributed by atoms with Gasteiger partial charge in [-0.3, -0.25) is 0 Å². The lowest BCUT2D eigenvalue weighted by Crippen LogP contribution is -1.72. The summed E-state index contributed by atoms with van der Waals surface area (Å²) in [5.41, 5.74) is 5.86. The maximum atomic E-state index is 3.83. The van der Waals surface area contributed by atoms with E-state index in [0.717, 1.165) is 11.1 Å². The molecule has 0 N–H and O–H groups in total. The summed E-state index contributed by atoms with van der Waals surface area (Å²) >= 11 is 0. The average Bonchev–Trinajstić information content (AvgIpc) is 2.71. The minimum absolute atomic E-state index is 1.12. The molecule has 132 valence electrons. The van der Waals surface area contributed by atoms with E-state index in [1.165, 1.54) is 16.7 Å². The van der Waals surface area contributed by atoms with Gasteiger partial charge in [0.1, 0.15) is 0 Å². The molecule has 3 aromatic carbocycles. The molecule has 0 atom stereocenters. The molecule has 0 heterocycles. The Morgan fingerprint density at radius 3 is 1.08 bits per heavy atom. The maximum absolute atomic E-state index is 3.83. The van der Waals surface area contributed by atoms with Crippen molar-refractivity contribution in [2.45, 2.75) is 13.8 Å². The van der Waals surface area contributed by atoms with Gasteiger partial charge in [-0.15, -0.1) is 0 Å². The van der Waals surface area contributed by atoms with Crippen LogP contribution in [0.1, 0.15) is 30.5 Å². The Bertz CT molecular complexity index is 732. The Morgan fingerprint density at radius 1 is 0.577 bits per heavy atom. The van der Waals surface area contributed by atoms with E-state index in [0.29, 0.717) is 0 Å². The number of allylic oxidation sites excluding steroid dienone is 2. The first-order valence-corrected chi connectivity index (χ1v) is 8.64. The van der Waals surface area contributed by atoms with Crippen molar-refractivity contribution in [3.05, 3.63) is 127 Å². The van der Waals surface area contributed by atoms with Crippen molar-refractivity contribution in [1.29, 1.82) is 0 Å². The normalized spacial score (nSPS) is 8.85. The summed E-state index contributed by atoms with van der Waals surface area (Å²) < 4.78 is 0. The van der Waals surface area contributed by atoms with Gasteiger partial charge in [0.05, 0.1) is 0 Å². The monoisotopic (exact) mass is 340 g/mol. The molecule has 0 saturated heterocycles. The third kappa shape index (κ3) is 8.65. The smallest absolute Gasteiger partial charge is 0.0233 e. The summed E-state index contributed by atoms with van der Waals surface area (Å²) in [4.78, 5) is 0. The maximum Gasteiger partial charge on any atom is -0.0233 e. The lowest BCUT2D eigenvalue weighted by Gasteiger charge is -1.94. The third-order valence-corrected chi connectivity index (χ3v) is 3.57. The Kier molecular flexibility index (Phi) is 9.88. The van der Waals surface area contributed by atoms with Crippen molar-refractivity contribution < 1.29 is 0 Å². The third-order valence-electron chi connectivity index (χ3n) is 3.57. The lowest BCUT2D eigenvalue weighted by molar-refractivity contribution is 1.58. The van der Waals surface area contributed by atoms with Crippen LogP contribution in [0.25, 0.3) is 17.2 Å². The Hall–Kier alpha value is -3.12. The highest BCUT2D eigenvalue weighted by molar-refractivity contribution is 5.61. The molecule has 0 aliphatic carbocycles. The van der Waals surface area contributed by atoms with E-state index in [2.05, 4.69) is 44.0 Å². The van der Waals surface area contributed by atoms with Crippen molar-refractivity contribution in [3.8, 4) is 0 Å². The summed E-state index contributed by atoms with van der Waals surface area (Å²) in [6.45, 7) is 15.3. The zero-order valence-corrected chi connectivity index (χ0v) is 15.9. The quantitative estimate of drug-likeness (QED) is 0.457. The van der Waals surface area contributed by atoms with Gasteiger partial charge < -0.3 is 0 Å². The zero-order valence-electron chi connectivity index (χ0n) is 15.9. The van der Waals surface area contributed by atoms with Crippen LogP contribution in [0.4, 0.5) is 0 Å². The van der Waals surface area contributed by atoms with E-state index in [1.807, 2.05) is 86.7 Å². The molecule has 0 aliphatic heterocycles. The van der Waals surface area contributed by atoms with E-state index in [1.54, 1.807) is 0 Å². The average molecular weight is 341 g/mol. The van der Waals surface area contributed by atoms with Gasteiger partial charge in [0.25, 0.3) is 0 Å². The van der Waals surface area contributed by atoms with Crippen LogP contribution in [0.2, 0.25) is 0 Å². The topological polar surface area (TPSA) is 0 Å². The first kappa shape index (κ1) is 20.9. The molecule has 0 heteroatoms. The van der Waals surface area contributed by atoms with E-state index in [9.17, 15) is 0 Å². The summed E-state index contributed by atoms with van der Waals surface area (Å²) in [5.74, 6) is 0. The van der Waals surface area contributed by atoms with E-state index >= 15 is 0 Å². The largest absolute Gasteiger partial charge is 0.0985 e. The lowest BCUT2D eigenvalue weighted by atomic mass is 10.1. The van der Waals surface area contributed by atoms with Crippen LogP contribution in [0.5, 0.6) is 0 Å². The number of benzene rings is 3. The van der Waals surface area contributed by atoms with Crippen LogP contribution in [0.15, 0.2) is 111 Å². The molecule has 0 spiro atoms. The highest BCUT2D eigenvalue weighted by Crippen LogP contribution is 2.09. The van der Waals surface area contributed by atoms with Crippen LogP contribution >= 0.6 is 0 Å². The SMILES string of the molecule is C=C(C)c1ccccc1.C=C(C)c1ccccc1.C=Cc1ccccc1. The molecule has 0 saturated carbocycles. The minimum atomic E-state index is 1.12. The number of rotatable bonds is 3. The van der Waals surface area contributed by atoms with Crippen LogP contribution in [-0.2, 0) is 0 Å². The van der Waals surface area contributed by atoms with Gasteiger partial charge in [0.15, 0.2) is 0 Å². The molecular formula is C26H28. The molecule has 0 unspecified atom stereocenters. The number of hydrogen-bond donors (Lipinski definition) is 0. The zero-order chi connectivity index (χ0) is 19.2. The van der Waals surface area contributed by atoms with Crippen LogP contribution in [0, 0.1) is 0 Å². The van der Waals surface area contributed by atoms with Gasteiger partial charge in [-0.25, -0.2) is 0 Å². The standard InChI is InChI=1S/2C9H10.C8H8/c2*1-8(2)9-6-4-3-5-7-9;1-2-8-6-4-3-5-7-8/h2*3-7H,1H2,2H3;2-7H,1H2. The molecule has 0 aliphatic rings. The van der Waals surface area contributed by atoms with Gasteiger partial charge >= 0.3 is 0 Å². The second-order valence-electron chi connectivity index (χ2n) is 5.91. The molecule has 3 rings (SSSR count). The van der Waals surface area contributed by atoms with Gasteiger partial charge in [0, 0.05) is 0 Å². The molecule has 0 radical (unpaired) electrons.